The number of nitrogens with zero attached hydrogens (tertiary/aromatic N) is 1. The van der Waals surface area contributed by atoms with Gasteiger partial charge in [-0.15, -0.1) is 11.3 Å². The van der Waals surface area contributed by atoms with Crippen LogP contribution in [0.1, 0.15) is 35.5 Å². The van der Waals surface area contributed by atoms with E-state index in [-0.39, 0.29) is 58.8 Å². The lowest BCUT2D eigenvalue weighted by atomic mass is 9.96. The molecule has 3 rings (SSSR count). The highest BCUT2D eigenvalue weighted by Crippen LogP contribution is 2.40. The van der Waals surface area contributed by atoms with Crippen LogP contribution in [0.25, 0.3) is 10.4 Å². The normalized spacial score (nSPS) is 11.4. The van der Waals surface area contributed by atoms with E-state index in [1.807, 2.05) is 0 Å². The summed E-state index contributed by atoms with van der Waals surface area (Å²) in [5.74, 6) is -2.66. The summed E-state index contributed by atoms with van der Waals surface area (Å²) < 4.78 is 35.0. The number of carbonyl (C=O) groups is 2. The molecule has 3 aromatic rings. The molecule has 2 amide bonds. The predicted octanol–water partition coefficient (Wildman–Crippen LogP) is 2.78. The predicted molar refractivity (Wildman–Crippen MR) is 131 cm³/mol. The molecular formula is C24H26F2N4O5S. The van der Waals surface area contributed by atoms with Gasteiger partial charge in [-0.3, -0.25) is 9.59 Å². The van der Waals surface area contributed by atoms with Crippen molar-refractivity contribution in [2.75, 3.05) is 25.1 Å². The van der Waals surface area contributed by atoms with E-state index in [4.69, 9.17) is 15.6 Å². The second-order valence-corrected chi connectivity index (χ2v) is 9.35. The highest BCUT2D eigenvalue weighted by Gasteiger charge is 2.24. The van der Waals surface area contributed by atoms with Crippen LogP contribution in [0.4, 0.5) is 19.6 Å². The summed E-state index contributed by atoms with van der Waals surface area (Å²) in [4.78, 5) is 28.1. The summed E-state index contributed by atoms with van der Waals surface area (Å²) in [5.41, 5.74) is 4.27. The Morgan fingerprint density at radius 2 is 1.89 bits per heavy atom. The number of nitrogens with one attached hydrogen (secondary N) is 2. The zero-order chi connectivity index (χ0) is 26.5. The maximum absolute atomic E-state index is 14.8. The molecule has 0 radical (unpaired) electrons. The monoisotopic (exact) mass is 520 g/mol. The first-order chi connectivity index (χ1) is 17.0. The fourth-order valence-electron chi connectivity index (χ4n) is 3.19. The summed E-state index contributed by atoms with van der Waals surface area (Å²) in [7, 11) is 0. The fraction of sp³-hybridized carbons (Fsp3) is 0.292. The third kappa shape index (κ3) is 6.82. The van der Waals surface area contributed by atoms with Gasteiger partial charge in [-0.1, -0.05) is 6.07 Å². The third-order valence-electron chi connectivity index (χ3n) is 4.96. The van der Waals surface area contributed by atoms with Gasteiger partial charge in [-0.05, 0) is 49.7 Å². The molecule has 0 aliphatic rings. The highest BCUT2D eigenvalue weighted by molar-refractivity contribution is 7.20. The number of rotatable bonds is 11. The fourth-order valence-corrected chi connectivity index (χ4v) is 4.31. The van der Waals surface area contributed by atoms with Crippen molar-refractivity contribution in [3.8, 4) is 10.4 Å². The molecule has 0 aliphatic carbocycles. The number of ether oxygens (including phenoxy) is 1. The number of aromatic nitrogens is 1. The third-order valence-corrected chi connectivity index (χ3v) is 6.03. The maximum Gasteiger partial charge on any atom is 0.251 e. The Bertz CT molecular complexity index is 1240. The Balaban J connectivity index is 1.82. The molecule has 0 spiro atoms. The number of carbonyl (C=O) groups excluding carboxylic acids is 2. The average molecular weight is 521 g/mol. The molecule has 36 heavy (non-hydrogen) atoms. The highest BCUT2D eigenvalue weighted by atomic mass is 32.1. The molecular weight excluding hydrogens is 494 g/mol. The molecule has 192 valence electrons. The quantitative estimate of drug-likeness (QED) is 0.261. The second-order valence-electron chi connectivity index (χ2n) is 8.30. The van der Waals surface area contributed by atoms with E-state index in [9.17, 15) is 23.5 Å². The first kappa shape index (κ1) is 27.1. The Morgan fingerprint density at radius 3 is 2.50 bits per heavy atom. The number of pyridine rings is 1. The van der Waals surface area contributed by atoms with Crippen molar-refractivity contribution < 1.29 is 33.3 Å². The first-order valence-electron chi connectivity index (χ1n) is 10.8. The van der Waals surface area contributed by atoms with Gasteiger partial charge in [0.05, 0.1) is 35.6 Å². The largest absolute Gasteiger partial charge is 0.395 e. The minimum absolute atomic E-state index is 0.0179. The van der Waals surface area contributed by atoms with E-state index in [1.54, 1.807) is 18.2 Å². The lowest BCUT2D eigenvalue weighted by Gasteiger charge is -2.18. The number of aliphatic hydroxyl groups excluding tert-OH is 1. The SMILES string of the molecule is CC(C)(O)c1cc(F)c(-c2cc(C(N)=O)c(Nc3cccc(COCC(=O)NCCO)n3)s2)c(F)c1. The van der Waals surface area contributed by atoms with E-state index in [0.717, 1.165) is 23.5 Å². The van der Waals surface area contributed by atoms with Crippen LogP contribution in [0, 0.1) is 11.6 Å². The van der Waals surface area contributed by atoms with Crippen molar-refractivity contribution in [1.29, 1.82) is 0 Å². The minimum atomic E-state index is -1.44. The van der Waals surface area contributed by atoms with Crippen LogP contribution in [0.15, 0.2) is 36.4 Å². The van der Waals surface area contributed by atoms with Crippen molar-refractivity contribution >= 4 is 34.0 Å². The van der Waals surface area contributed by atoms with Gasteiger partial charge in [0.1, 0.15) is 29.1 Å². The van der Waals surface area contributed by atoms with Gasteiger partial charge in [0.25, 0.3) is 5.91 Å². The second kappa shape index (κ2) is 11.5. The molecule has 12 heteroatoms. The molecule has 0 atom stereocenters. The number of aliphatic hydroxyl groups is 2. The molecule has 0 fully saturated rings. The number of benzene rings is 1. The number of nitrogens with two attached hydrogens (primary N) is 1. The van der Waals surface area contributed by atoms with Crippen molar-refractivity contribution in [2.45, 2.75) is 26.1 Å². The van der Waals surface area contributed by atoms with Crippen LogP contribution in [0.2, 0.25) is 0 Å². The molecule has 9 nitrogen and oxygen atoms in total. The summed E-state index contributed by atoms with van der Waals surface area (Å²) in [6.07, 6.45) is 0. The topological polar surface area (TPSA) is 147 Å². The average Bonchev–Trinajstić information content (AvgIpc) is 3.20. The van der Waals surface area contributed by atoms with Gasteiger partial charge in [-0.25, -0.2) is 13.8 Å². The van der Waals surface area contributed by atoms with Crippen LogP contribution in [-0.2, 0) is 21.7 Å². The Hall–Kier alpha value is -3.45. The number of amides is 2. The lowest BCUT2D eigenvalue weighted by molar-refractivity contribution is -0.126. The van der Waals surface area contributed by atoms with Gasteiger partial charge in [0.15, 0.2) is 0 Å². The lowest BCUT2D eigenvalue weighted by Crippen LogP contribution is -2.29. The van der Waals surface area contributed by atoms with Crippen LogP contribution < -0.4 is 16.4 Å². The maximum atomic E-state index is 14.8. The Labute approximate surface area is 209 Å². The van der Waals surface area contributed by atoms with Crippen LogP contribution in [0.3, 0.4) is 0 Å². The van der Waals surface area contributed by atoms with E-state index in [1.165, 1.54) is 19.9 Å². The number of hydrogen-bond donors (Lipinski definition) is 5. The molecule has 0 unspecified atom stereocenters. The Morgan fingerprint density at radius 1 is 1.19 bits per heavy atom. The van der Waals surface area contributed by atoms with E-state index in [2.05, 4.69) is 15.6 Å². The van der Waals surface area contributed by atoms with Crippen LogP contribution >= 0.6 is 11.3 Å². The van der Waals surface area contributed by atoms with E-state index < -0.39 is 23.1 Å². The van der Waals surface area contributed by atoms with Crippen LogP contribution in [0.5, 0.6) is 0 Å². The summed E-state index contributed by atoms with van der Waals surface area (Å²) in [6.45, 7) is 2.58. The molecule has 2 aromatic heterocycles. The molecule has 0 saturated carbocycles. The smallest absolute Gasteiger partial charge is 0.251 e. The van der Waals surface area contributed by atoms with E-state index >= 15 is 0 Å². The number of primary amides is 1. The Kier molecular flexibility index (Phi) is 8.69. The first-order valence-corrected chi connectivity index (χ1v) is 11.7. The number of hydrogen-bond acceptors (Lipinski definition) is 8. The summed E-state index contributed by atoms with van der Waals surface area (Å²) in [5, 5.41) is 24.4. The van der Waals surface area contributed by atoms with Gasteiger partial charge >= 0.3 is 0 Å². The number of halogens is 2. The van der Waals surface area contributed by atoms with Gasteiger partial charge in [0, 0.05) is 11.4 Å². The van der Waals surface area contributed by atoms with Gasteiger partial charge in [0.2, 0.25) is 5.91 Å². The molecule has 6 N–H and O–H groups in total. The standard InChI is InChI=1S/C24H26F2N4O5S/c1-24(2,34)13-8-16(25)21(17(26)9-13)18-10-15(22(27)33)23(36-18)30-19-5-3-4-14(29-19)11-35-12-20(32)28-6-7-31/h3-5,8-10,31,34H,6-7,11-12H2,1-2H3,(H2,27,33)(H,28,32)(H,29,30). The van der Waals surface area contributed by atoms with E-state index in [0.29, 0.717) is 11.5 Å². The summed E-state index contributed by atoms with van der Waals surface area (Å²) >= 11 is 0.914. The van der Waals surface area contributed by atoms with Crippen molar-refractivity contribution in [1.82, 2.24) is 10.3 Å². The zero-order valence-electron chi connectivity index (χ0n) is 19.6. The number of anilines is 2. The number of thiophene rings is 1. The molecule has 0 bridgehead atoms. The molecule has 2 heterocycles. The molecule has 1 aromatic carbocycles. The molecule has 0 saturated heterocycles. The van der Waals surface area contributed by atoms with Crippen molar-refractivity contribution in [3.05, 3.63) is 64.9 Å². The van der Waals surface area contributed by atoms with Gasteiger partial charge < -0.3 is 31.3 Å². The van der Waals surface area contributed by atoms with Crippen molar-refractivity contribution in [2.24, 2.45) is 5.73 Å². The molecule has 0 aliphatic heterocycles. The zero-order valence-corrected chi connectivity index (χ0v) is 20.4. The van der Waals surface area contributed by atoms with Crippen LogP contribution in [-0.4, -0.2) is 46.8 Å². The van der Waals surface area contributed by atoms with Gasteiger partial charge in [-0.2, -0.15) is 0 Å². The summed E-state index contributed by atoms with van der Waals surface area (Å²) in [6, 6.07) is 8.33. The van der Waals surface area contributed by atoms with Crippen molar-refractivity contribution in [3.63, 3.8) is 0 Å². The minimum Gasteiger partial charge on any atom is -0.395 e.